The highest BCUT2D eigenvalue weighted by atomic mass is 19.4. The molecule has 0 heterocycles. The molecule has 0 spiro atoms. The molecule has 0 aliphatic heterocycles. The van der Waals surface area contributed by atoms with Crippen molar-refractivity contribution in [2.75, 3.05) is 6.61 Å². The maximum atomic E-state index is 12.3. The van der Waals surface area contributed by atoms with Gasteiger partial charge in [-0.2, -0.15) is 26.3 Å². The second-order valence-corrected chi connectivity index (χ2v) is 8.24. The molecule has 0 amide bonds. The monoisotopic (exact) mass is 394 g/mol. The Hall–Kier alpha value is -1.48. The smallest absolute Gasteiger partial charge is 0.434 e. The van der Waals surface area contributed by atoms with Crippen LogP contribution in [-0.4, -0.2) is 37.0 Å². The van der Waals surface area contributed by atoms with Gasteiger partial charge in [0.05, 0.1) is 5.92 Å². The van der Waals surface area contributed by atoms with E-state index in [2.05, 4.69) is 9.47 Å². The molecule has 1 unspecified atom stereocenters. The SMILES string of the molecule is CC(C)(C)CC(C(=O)OCC(=O)OC(C(F)(F)F)C(F)(F)F)C(C)(C)C. The molecule has 0 saturated carbocycles. The van der Waals surface area contributed by atoms with Gasteiger partial charge in [0.25, 0.3) is 6.10 Å². The van der Waals surface area contributed by atoms with Crippen LogP contribution in [0.3, 0.4) is 0 Å². The van der Waals surface area contributed by atoms with E-state index in [0.717, 1.165) is 0 Å². The van der Waals surface area contributed by atoms with E-state index in [9.17, 15) is 35.9 Å². The van der Waals surface area contributed by atoms with E-state index in [4.69, 9.17) is 0 Å². The summed E-state index contributed by atoms with van der Waals surface area (Å²) in [4.78, 5) is 23.5. The molecule has 0 aliphatic rings. The topological polar surface area (TPSA) is 52.6 Å². The summed E-state index contributed by atoms with van der Waals surface area (Å²) in [6, 6.07) is 0. The van der Waals surface area contributed by atoms with E-state index >= 15 is 0 Å². The Morgan fingerprint density at radius 2 is 1.27 bits per heavy atom. The second kappa shape index (κ2) is 8.04. The van der Waals surface area contributed by atoms with Gasteiger partial charge in [-0.25, -0.2) is 4.79 Å². The van der Waals surface area contributed by atoms with Crippen LogP contribution in [0.4, 0.5) is 26.3 Å². The van der Waals surface area contributed by atoms with Crippen molar-refractivity contribution in [2.45, 2.75) is 66.4 Å². The summed E-state index contributed by atoms with van der Waals surface area (Å²) in [7, 11) is 0. The van der Waals surface area contributed by atoms with Gasteiger partial charge in [-0.05, 0) is 17.3 Å². The first-order valence-electron chi connectivity index (χ1n) is 7.74. The highest BCUT2D eigenvalue weighted by molar-refractivity contribution is 5.78. The zero-order chi connectivity index (χ0) is 21.1. The lowest BCUT2D eigenvalue weighted by Gasteiger charge is -2.33. The van der Waals surface area contributed by atoms with E-state index in [1.165, 1.54) is 0 Å². The molecule has 0 bridgehead atoms. The van der Waals surface area contributed by atoms with Crippen molar-refractivity contribution in [3.63, 3.8) is 0 Å². The van der Waals surface area contributed by atoms with Crippen LogP contribution >= 0.6 is 0 Å². The van der Waals surface area contributed by atoms with Gasteiger partial charge in [0.2, 0.25) is 0 Å². The molecule has 0 radical (unpaired) electrons. The Labute approximate surface area is 148 Å². The van der Waals surface area contributed by atoms with Gasteiger partial charge >= 0.3 is 24.3 Å². The third-order valence-electron chi connectivity index (χ3n) is 3.32. The van der Waals surface area contributed by atoms with Crippen LogP contribution in [0.5, 0.6) is 0 Å². The van der Waals surface area contributed by atoms with Crippen LogP contribution in [0.2, 0.25) is 0 Å². The Kier molecular flexibility index (Phi) is 7.58. The normalized spacial score (nSPS) is 15.0. The van der Waals surface area contributed by atoms with Gasteiger partial charge in [0.15, 0.2) is 6.61 Å². The summed E-state index contributed by atoms with van der Waals surface area (Å²) in [6.07, 6.45) is -15.6. The molecule has 1 atom stereocenters. The summed E-state index contributed by atoms with van der Waals surface area (Å²) in [5.41, 5.74) is -0.885. The fourth-order valence-corrected chi connectivity index (χ4v) is 2.07. The number of ether oxygens (including phenoxy) is 2. The summed E-state index contributed by atoms with van der Waals surface area (Å²) in [6.45, 7) is 9.41. The van der Waals surface area contributed by atoms with Crippen LogP contribution < -0.4 is 0 Å². The first-order chi connectivity index (χ1) is 11.2. The molecule has 0 aromatic carbocycles. The van der Waals surface area contributed by atoms with Crippen molar-refractivity contribution in [1.29, 1.82) is 0 Å². The zero-order valence-corrected chi connectivity index (χ0v) is 15.5. The third kappa shape index (κ3) is 8.75. The minimum atomic E-state index is -5.82. The van der Waals surface area contributed by atoms with E-state index in [0.29, 0.717) is 6.42 Å². The fraction of sp³-hybridized carbons (Fsp3) is 0.875. The lowest BCUT2D eigenvalue weighted by atomic mass is 9.72. The number of halogens is 6. The molecule has 0 fully saturated rings. The second-order valence-electron chi connectivity index (χ2n) is 8.24. The van der Waals surface area contributed by atoms with Crippen molar-refractivity contribution in [3.8, 4) is 0 Å². The van der Waals surface area contributed by atoms with Crippen molar-refractivity contribution >= 4 is 11.9 Å². The molecule has 0 rings (SSSR count). The molecular formula is C16H24F6O4. The van der Waals surface area contributed by atoms with E-state index in [1.807, 2.05) is 20.8 Å². The molecule has 0 aromatic rings. The van der Waals surface area contributed by atoms with E-state index in [-0.39, 0.29) is 5.41 Å². The van der Waals surface area contributed by atoms with Gasteiger partial charge in [-0.1, -0.05) is 41.5 Å². The van der Waals surface area contributed by atoms with Crippen LogP contribution in [0.15, 0.2) is 0 Å². The third-order valence-corrected chi connectivity index (χ3v) is 3.32. The highest BCUT2D eigenvalue weighted by Crippen LogP contribution is 2.37. The Morgan fingerprint density at radius 3 is 1.58 bits per heavy atom. The highest BCUT2D eigenvalue weighted by Gasteiger charge is 2.59. The Bertz CT molecular complexity index is 483. The number of hydrogen-bond acceptors (Lipinski definition) is 4. The molecule has 0 saturated heterocycles. The number of alkyl halides is 6. The first-order valence-corrected chi connectivity index (χ1v) is 7.74. The molecule has 26 heavy (non-hydrogen) atoms. The Balaban J connectivity index is 4.99. The van der Waals surface area contributed by atoms with Gasteiger partial charge in [0.1, 0.15) is 0 Å². The average Bonchev–Trinajstić information content (AvgIpc) is 2.34. The lowest BCUT2D eigenvalue weighted by molar-refractivity contribution is -0.313. The van der Waals surface area contributed by atoms with Gasteiger partial charge in [-0.3, -0.25) is 4.79 Å². The van der Waals surface area contributed by atoms with Crippen molar-refractivity contribution in [3.05, 3.63) is 0 Å². The number of carbonyl (C=O) groups excluding carboxylic acids is 2. The number of carbonyl (C=O) groups is 2. The van der Waals surface area contributed by atoms with Gasteiger partial charge in [-0.15, -0.1) is 0 Å². The van der Waals surface area contributed by atoms with E-state index < -0.39 is 48.3 Å². The molecular weight excluding hydrogens is 370 g/mol. The van der Waals surface area contributed by atoms with Crippen molar-refractivity contribution in [1.82, 2.24) is 0 Å². The number of esters is 2. The standard InChI is InChI=1S/C16H24F6O4/c1-13(2,3)7-9(14(4,5)6)11(24)25-8-10(23)26-12(15(17,18)19)16(20,21)22/h9,12H,7-8H2,1-6H3. The average molecular weight is 394 g/mol. The zero-order valence-electron chi connectivity index (χ0n) is 15.5. The van der Waals surface area contributed by atoms with Crippen LogP contribution in [0.25, 0.3) is 0 Å². The fourth-order valence-electron chi connectivity index (χ4n) is 2.07. The molecule has 154 valence electrons. The largest absolute Gasteiger partial charge is 0.453 e. The van der Waals surface area contributed by atoms with Gasteiger partial charge in [0, 0.05) is 0 Å². The minimum absolute atomic E-state index is 0.296. The summed E-state index contributed by atoms with van der Waals surface area (Å²) in [5, 5.41) is 0. The van der Waals surface area contributed by atoms with E-state index in [1.54, 1.807) is 20.8 Å². The lowest BCUT2D eigenvalue weighted by Crippen LogP contribution is -2.46. The Morgan fingerprint density at radius 1 is 0.846 bits per heavy atom. The van der Waals surface area contributed by atoms with Crippen LogP contribution in [-0.2, 0) is 19.1 Å². The first kappa shape index (κ1) is 24.5. The maximum absolute atomic E-state index is 12.3. The number of hydrogen-bond donors (Lipinski definition) is 0. The quantitative estimate of drug-likeness (QED) is 0.503. The summed E-state index contributed by atoms with van der Waals surface area (Å²) in [5.74, 6) is -3.53. The molecule has 10 heteroatoms. The van der Waals surface area contributed by atoms with Crippen LogP contribution in [0, 0.1) is 16.7 Å². The molecule has 0 aliphatic carbocycles. The maximum Gasteiger partial charge on any atom is 0.434 e. The minimum Gasteiger partial charge on any atom is -0.453 e. The molecule has 4 nitrogen and oxygen atoms in total. The van der Waals surface area contributed by atoms with Crippen molar-refractivity contribution < 1.29 is 45.4 Å². The van der Waals surface area contributed by atoms with Crippen LogP contribution in [0.1, 0.15) is 48.0 Å². The predicted molar refractivity (Wildman–Crippen MR) is 80.0 cm³/mol. The summed E-state index contributed by atoms with van der Waals surface area (Å²) < 4.78 is 82.1. The summed E-state index contributed by atoms with van der Waals surface area (Å²) >= 11 is 0. The number of rotatable bonds is 5. The molecule has 0 N–H and O–H groups in total. The van der Waals surface area contributed by atoms with Crippen molar-refractivity contribution in [2.24, 2.45) is 16.7 Å². The molecule has 0 aromatic heterocycles. The predicted octanol–water partition coefficient (Wildman–Crippen LogP) is 4.66. The van der Waals surface area contributed by atoms with Gasteiger partial charge < -0.3 is 9.47 Å².